The van der Waals surface area contributed by atoms with Crippen molar-refractivity contribution in [2.75, 3.05) is 31.7 Å². The fourth-order valence-electron chi connectivity index (χ4n) is 3.33. The van der Waals surface area contributed by atoms with Crippen LogP contribution in [0.4, 0.5) is 0 Å². The fourth-order valence-corrected chi connectivity index (χ4v) is 5.01. The lowest BCUT2D eigenvalue weighted by Crippen LogP contribution is -2.45. The van der Waals surface area contributed by atoms with Crippen LogP contribution in [0.5, 0.6) is 5.75 Å². The van der Waals surface area contributed by atoms with Gasteiger partial charge < -0.3 is 19.4 Å². The summed E-state index contributed by atoms with van der Waals surface area (Å²) in [6.07, 6.45) is 2.07. The maximum absolute atomic E-state index is 12.7. The van der Waals surface area contributed by atoms with Gasteiger partial charge in [-0.2, -0.15) is 0 Å². The zero-order valence-corrected chi connectivity index (χ0v) is 16.8. The smallest absolute Gasteiger partial charge is 0.239 e. The molecule has 0 unspecified atom stereocenters. The molecule has 1 fully saturated rings. The van der Waals surface area contributed by atoms with Crippen LogP contribution in [0.1, 0.15) is 18.9 Å². The van der Waals surface area contributed by atoms with Gasteiger partial charge in [0, 0.05) is 29.6 Å². The normalized spacial score (nSPS) is 18.1. The van der Waals surface area contributed by atoms with E-state index < -0.39 is 9.84 Å². The summed E-state index contributed by atoms with van der Waals surface area (Å²) in [5.41, 5.74) is 1.37. The highest BCUT2D eigenvalue weighted by Crippen LogP contribution is 2.26. The number of sulfone groups is 1. The van der Waals surface area contributed by atoms with E-state index in [1.165, 1.54) is 4.90 Å². The van der Waals surface area contributed by atoms with Gasteiger partial charge in [-0.1, -0.05) is 0 Å². The Hall–Kier alpha value is -2.55. The third-order valence-corrected chi connectivity index (χ3v) is 6.64. The number of hydrogen-bond acceptors (Lipinski definition) is 6. The predicted molar refractivity (Wildman–Crippen MR) is 104 cm³/mol. The first-order chi connectivity index (χ1) is 13.3. The number of methoxy groups -OCH3 is 1. The lowest BCUT2D eigenvalue weighted by Gasteiger charge is -2.21. The predicted octanol–water partition coefficient (Wildman–Crippen LogP) is 1.14. The van der Waals surface area contributed by atoms with E-state index in [2.05, 4.69) is 5.32 Å². The number of hydrogen-bond donors (Lipinski definition) is 1. The van der Waals surface area contributed by atoms with Crippen molar-refractivity contribution in [1.82, 2.24) is 10.2 Å². The minimum Gasteiger partial charge on any atom is -0.497 e. The summed E-state index contributed by atoms with van der Waals surface area (Å²) in [5, 5.41) is 3.54. The largest absolute Gasteiger partial charge is 0.497 e. The molecule has 1 saturated heterocycles. The second kappa shape index (κ2) is 8.22. The number of nitrogens with one attached hydrogen (secondary N) is 1. The Labute approximate surface area is 163 Å². The molecule has 3 rings (SSSR count). The molecule has 2 amide bonds. The van der Waals surface area contributed by atoms with Crippen molar-refractivity contribution >= 4 is 32.6 Å². The second-order valence-electron chi connectivity index (χ2n) is 6.88. The van der Waals surface area contributed by atoms with Gasteiger partial charge in [0.05, 0.1) is 37.8 Å². The van der Waals surface area contributed by atoms with Crippen molar-refractivity contribution in [3.63, 3.8) is 0 Å². The quantitative estimate of drug-likeness (QED) is 0.736. The molecular formula is C19H24N2O6S. The van der Waals surface area contributed by atoms with Crippen molar-refractivity contribution < 1.29 is 27.2 Å². The minimum atomic E-state index is -3.07. The van der Waals surface area contributed by atoms with Crippen LogP contribution in [-0.4, -0.2) is 62.9 Å². The summed E-state index contributed by atoms with van der Waals surface area (Å²) in [4.78, 5) is 26.4. The lowest BCUT2D eigenvalue weighted by atomic mass is 10.1. The van der Waals surface area contributed by atoms with Crippen molar-refractivity contribution in [2.24, 2.45) is 0 Å². The Morgan fingerprint density at radius 2 is 2.14 bits per heavy atom. The van der Waals surface area contributed by atoms with Crippen molar-refractivity contribution in [1.29, 1.82) is 0 Å². The summed E-state index contributed by atoms with van der Waals surface area (Å²) in [5.74, 6) is 0.172. The van der Waals surface area contributed by atoms with E-state index in [0.29, 0.717) is 24.3 Å². The Morgan fingerprint density at radius 3 is 2.79 bits per heavy atom. The second-order valence-corrected chi connectivity index (χ2v) is 9.10. The fraction of sp³-hybridized carbons (Fsp3) is 0.474. The molecule has 1 atom stereocenters. The molecule has 2 aromatic rings. The number of ether oxygens (including phenoxy) is 1. The molecular weight excluding hydrogens is 384 g/mol. The van der Waals surface area contributed by atoms with E-state index in [0.717, 1.165) is 10.9 Å². The lowest BCUT2D eigenvalue weighted by molar-refractivity contribution is -0.135. The minimum absolute atomic E-state index is 0.0384. The molecule has 0 aliphatic carbocycles. The standard InChI is InChI=1S/C19H24N2O6S/c1-3-21(10-18(22)20-14-6-7-28(24,25)12-14)19(23)8-13-11-27-17-9-15(26-2)4-5-16(13)17/h4-5,9,11,14H,3,6-8,10,12H2,1-2H3,(H,20,22)/t14-/m0/s1. The molecule has 2 heterocycles. The third-order valence-electron chi connectivity index (χ3n) is 4.87. The highest BCUT2D eigenvalue weighted by Gasteiger charge is 2.29. The van der Waals surface area contributed by atoms with Crippen molar-refractivity contribution in [3.05, 3.63) is 30.0 Å². The number of fused-ring (bicyclic) bond motifs is 1. The van der Waals surface area contributed by atoms with Gasteiger partial charge in [0.2, 0.25) is 11.8 Å². The topological polar surface area (TPSA) is 106 Å². The van der Waals surface area contributed by atoms with E-state index >= 15 is 0 Å². The molecule has 9 heteroatoms. The SMILES string of the molecule is CCN(CC(=O)N[C@H]1CCS(=O)(=O)C1)C(=O)Cc1coc2cc(OC)ccc12. The molecule has 1 aliphatic rings. The van der Waals surface area contributed by atoms with Crippen LogP contribution in [-0.2, 0) is 25.8 Å². The van der Waals surface area contributed by atoms with Crippen LogP contribution >= 0.6 is 0 Å². The van der Waals surface area contributed by atoms with E-state index in [4.69, 9.17) is 9.15 Å². The first-order valence-corrected chi connectivity index (χ1v) is 10.9. The van der Waals surface area contributed by atoms with Gasteiger partial charge in [0.15, 0.2) is 9.84 Å². The number of carbonyl (C=O) groups is 2. The van der Waals surface area contributed by atoms with E-state index in [9.17, 15) is 18.0 Å². The zero-order chi connectivity index (χ0) is 20.3. The maximum Gasteiger partial charge on any atom is 0.239 e. The molecule has 1 aromatic heterocycles. The molecule has 0 radical (unpaired) electrons. The van der Waals surface area contributed by atoms with E-state index in [1.54, 1.807) is 32.4 Å². The first-order valence-electron chi connectivity index (χ1n) is 9.13. The average Bonchev–Trinajstić information content (AvgIpc) is 3.21. The summed E-state index contributed by atoms with van der Waals surface area (Å²) in [7, 11) is -1.50. The number of benzene rings is 1. The van der Waals surface area contributed by atoms with E-state index in [1.807, 2.05) is 6.07 Å². The van der Waals surface area contributed by atoms with Crippen LogP contribution in [0.15, 0.2) is 28.9 Å². The summed E-state index contributed by atoms with van der Waals surface area (Å²) in [6, 6.07) is 5.01. The van der Waals surface area contributed by atoms with Gasteiger partial charge in [-0.3, -0.25) is 9.59 Å². The van der Waals surface area contributed by atoms with Crippen LogP contribution in [0.2, 0.25) is 0 Å². The monoisotopic (exact) mass is 408 g/mol. The van der Waals surface area contributed by atoms with Gasteiger partial charge in [0.25, 0.3) is 0 Å². The Bertz CT molecular complexity index is 981. The van der Waals surface area contributed by atoms with Gasteiger partial charge in [-0.25, -0.2) is 8.42 Å². The Balaban J connectivity index is 1.61. The summed E-state index contributed by atoms with van der Waals surface area (Å²) >= 11 is 0. The molecule has 1 aromatic carbocycles. The molecule has 1 N–H and O–H groups in total. The van der Waals surface area contributed by atoms with Gasteiger partial charge in [0.1, 0.15) is 11.3 Å². The molecule has 8 nitrogen and oxygen atoms in total. The van der Waals surface area contributed by atoms with Crippen LogP contribution < -0.4 is 10.1 Å². The number of carbonyl (C=O) groups excluding carboxylic acids is 2. The van der Waals surface area contributed by atoms with Crippen LogP contribution in [0.3, 0.4) is 0 Å². The summed E-state index contributed by atoms with van der Waals surface area (Å²) < 4.78 is 33.7. The van der Waals surface area contributed by atoms with Gasteiger partial charge in [-0.05, 0) is 25.5 Å². The van der Waals surface area contributed by atoms with Crippen molar-refractivity contribution in [3.8, 4) is 5.75 Å². The van der Waals surface area contributed by atoms with Gasteiger partial charge >= 0.3 is 0 Å². The molecule has 28 heavy (non-hydrogen) atoms. The highest BCUT2D eigenvalue weighted by atomic mass is 32.2. The third kappa shape index (κ3) is 4.64. The molecule has 0 bridgehead atoms. The number of nitrogens with zero attached hydrogens (tertiary/aromatic N) is 1. The molecule has 0 spiro atoms. The van der Waals surface area contributed by atoms with Crippen molar-refractivity contribution in [2.45, 2.75) is 25.8 Å². The highest BCUT2D eigenvalue weighted by molar-refractivity contribution is 7.91. The Kier molecular flexibility index (Phi) is 5.93. The summed E-state index contributed by atoms with van der Waals surface area (Å²) in [6.45, 7) is 2.07. The number of rotatable bonds is 7. The first kappa shape index (κ1) is 20.2. The molecule has 152 valence electrons. The van der Waals surface area contributed by atoms with Crippen LogP contribution in [0.25, 0.3) is 11.0 Å². The number of amides is 2. The maximum atomic E-state index is 12.7. The Morgan fingerprint density at radius 1 is 1.36 bits per heavy atom. The average molecular weight is 408 g/mol. The number of furan rings is 1. The molecule has 0 saturated carbocycles. The number of likely N-dealkylation sites (N-methyl/N-ethyl adjacent to an activating group) is 1. The zero-order valence-electron chi connectivity index (χ0n) is 15.9. The van der Waals surface area contributed by atoms with E-state index in [-0.39, 0.29) is 42.3 Å². The van der Waals surface area contributed by atoms with Crippen LogP contribution in [0, 0.1) is 0 Å². The molecule has 1 aliphatic heterocycles. The van der Waals surface area contributed by atoms with Gasteiger partial charge in [-0.15, -0.1) is 0 Å².